The maximum atomic E-state index is 13.7. The van der Waals surface area contributed by atoms with Crippen molar-refractivity contribution in [3.8, 4) is 5.75 Å². The Morgan fingerprint density at radius 1 is 1.33 bits per heavy atom. The van der Waals surface area contributed by atoms with Crippen molar-refractivity contribution in [1.29, 1.82) is 0 Å². The Hall–Kier alpha value is -1.68. The normalized spacial score (nSPS) is 10.3. The number of carbonyl (C=O) groups is 1. The van der Waals surface area contributed by atoms with Gasteiger partial charge >= 0.3 is 0 Å². The highest BCUT2D eigenvalue weighted by atomic mass is 32.1. The van der Waals surface area contributed by atoms with Crippen LogP contribution in [0.3, 0.4) is 0 Å². The topological polar surface area (TPSA) is 26.3 Å². The molecule has 4 heteroatoms. The van der Waals surface area contributed by atoms with Crippen molar-refractivity contribution in [1.82, 2.24) is 0 Å². The average Bonchev–Trinajstić information content (AvgIpc) is 2.88. The summed E-state index contributed by atoms with van der Waals surface area (Å²) in [5, 5.41) is 1.96. The fourth-order valence-corrected chi connectivity index (χ4v) is 2.47. The summed E-state index contributed by atoms with van der Waals surface area (Å²) in [6.07, 6.45) is 0.922. The van der Waals surface area contributed by atoms with Crippen molar-refractivity contribution in [2.75, 3.05) is 7.11 Å². The largest absolute Gasteiger partial charge is 0.496 e. The molecule has 0 aliphatic rings. The first kappa shape index (κ1) is 12.8. The lowest BCUT2D eigenvalue weighted by atomic mass is 10.0. The minimum atomic E-state index is -0.523. The zero-order valence-corrected chi connectivity index (χ0v) is 10.8. The van der Waals surface area contributed by atoms with Gasteiger partial charge < -0.3 is 4.74 Å². The predicted molar refractivity (Wildman–Crippen MR) is 69.9 cm³/mol. The van der Waals surface area contributed by atoms with Crippen molar-refractivity contribution in [3.05, 3.63) is 52.0 Å². The predicted octanol–water partition coefficient (Wildman–Crippen LogP) is 3.71. The fourth-order valence-electron chi connectivity index (χ4n) is 1.76. The molecular weight excluding hydrogens is 251 g/mol. The molecule has 18 heavy (non-hydrogen) atoms. The van der Waals surface area contributed by atoms with Crippen LogP contribution in [0.25, 0.3) is 0 Å². The lowest BCUT2D eigenvalue weighted by Gasteiger charge is -2.08. The molecule has 0 radical (unpaired) electrons. The number of rotatable bonds is 5. The van der Waals surface area contributed by atoms with Crippen LogP contribution in [0.5, 0.6) is 5.75 Å². The van der Waals surface area contributed by atoms with E-state index >= 15 is 0 Å². The Morgan fingerprint density at radius 2 is 2.17 bits per heavy atom. The smallest absolute Gasteiger partial charge is 0.169 e. The molecule has 0 saturated heterocycles. The van der Waals surface area contributed by atoms with Crippen LogP contribution >= 0.6 is 11.3 Å². The highest BCUT2D eigenvalue weighted by Gasteiger charge is 2.17. The molecule has 0 aliphatic carbocycles. The van der Waals surface area contributed by atoms with E-state index in [9.17, 15) is 9.18 Å². The molecule has 1 heterocycles. The van der Waals surface area contributed by atoms with Crippen molar-refractivity contribution < 1.29 is 13.9 Å². The van der Waals surface area contributed by atoms with Crippen LogP contribution in [0.4, 0.5) is 4.39 Å². The maximum absolute atomic E-state index is 13.7. The highest BCUT2D eigenvalue weighted by Crippen LogP contribution is 2.23. The third kappa shape index (κ3) is 2.76. The zero-order chi connectivity index (χ0) is 13.0. The van der Waals surface area contributed by atoms with Crippen LogP contribution in [-0.2, 0) is 6.42 Å². The molecule has 0 saturated carbocycles. The van der Waals surface area contributed by atoms with Crippen LogP contribution in [-0.4, -0.2) is 12.9 Å². The molecule has 2 nitrogen and oxygen atoms in total. The van der Waals surface area contributed by atoms with E-state index in [1.807, 2.05) is 17.5 Å². The number of Topliss-reactive ketones (excluding diaryl/α,β-unsaturated/α-hetero) is 1. The standard InChI is InChI=1S/C14H13FO2S/c1-17-13-6-2-5-11(15)14(13)12(16)8-7-10-4-3-9-18-10/h2-6,9H,7-8H2,1H3. The first-order valence-electron chi connectivity index (χ1n) is 5.60. The number of ketones is 1. The van der Waals surface area contributed by atoms with Gasteiger partial charge in [0.25, 0.3) is 0 Å². The number of ether oxygens (including phenoxy) is 1. The number of methoxy groups -OCH3 is 1. The van der Waals surface area contributed by atoms with Gasteiger partial charge in [-0.1, -0.05) is 12.1 Å². The molecule has 0 spiro atoms. The summed E-state index contributed by atoms with van der Waals surface area (Å²) < 4.78 is 18.7. The number of carbonyl (C=O) groups excluding carboxylic acids is 1. The molecule has 1 aromatic carbocycles. The van der Waals surface area contributed by atoms with Gasteiger partial charge in [-0.25, -0.2) is 4.39 Å². The van der Waals surface area contributed by atoms with Gasteiger partial charge in [0, 0.05) is 11.3 Å². The molecule has 0 atom stereocenters. The summed E-state index contributed by atoms with van der Waals surface area (Å²) in [7, 11) is 1.44. The molecule has 2 aromatic rings. The van der Waals surface area contributed by atoms with E-state index < -0.39 is 5.82 Å². The van der Waals surface area contributed by atoms with Gasteiger partial charge in [0.1, 0.15) is 11.6 Å². The SMILES string of the molecule is COc1cccc(F)c1C(=O)CCc1cccs1. The lowest BCUT2D eigenvalue weighted by molar-refractivity contribution is 0.0976. The van der Waals surface area contributed by atoms with Crippen molar-refractivity contribution in [2.45, 2.75) is 12.8 Å². The van der Waals surface area contributed by atoms with Crippen molar-refractivity contribution >= 4 is 17.1 Å². The van der Waals surface area contributed by atoms with Gasteiger partial charge in [0.05, 0.1) is 12.7 Å². The third-order valence-corrected chi connectivity index (χ3v) is 3.59. The minimum absolute atomic E-state index is 0.0524. The molecular formula is C14H13FO2S. The maximum Gasteiger partial charge on any atom is 0.169 e. The molecule has 94 valence electrons. The van der Waals surface area contributed by atoms with Gasteiger partial charge in [0.2, 0.25) is 0 Å². The summed E-state index contributed by atoms with van der Waals surface area (Å²) in [6.45, 7) is 0. The second-order valence-electron chi connectivity index (χ2n) is 3.82. The van der Waals surface area contributed by atoms with Crippen LogP contribution in [0.15, 0.2) is 35.7 Å². The number of hydrogen-bond acceptors (Lipinski definition) is 3. The molecule has 1 aromatic heterocycles. The summed E-state index contributed by atoms with van der Waals surface area (Å²) in [5.74, 6) is -0.449. The Labute approximate surface area is 109 Å². The summed E-state index contributed by atoms with van der Waals surface area (Å²) in [6, 6.07) is 8.32. The fraction of sp³-hybridized carbons (Fsp3) is 0.214. The van der Waals surface area contributed by atoms with Gasteiger partial charge in [0.15, 0.2) is 5.78 Å². The third-order valence-electron chi connectivity index (χ3n) is 2.65. The van der Waals surface area contributed by atoms with E-state index in [2.05, 4.69) is 0 Å². The van der Waals surface area contributed by atoms with Crippen LogP contribution in [0, 0.1) is 5.82 Å². The van der Waals surface area contributed by atoms with E-state index in [1.165, 1.54) is 19.2 Å². The molecule has 0 N–H and O–H groups in total. The minimum Gasteiger partial charge on any atom is -0.496 e. The Kier molecular flexibility index (Phi) is 4.10. The van der Waals surface area contributed by atoms with Gasteiger partial charge in [-0.05, 0) is 30.0 Å². The zero-order valence-electron chi connectivity index (χ0n) is 9.98. The molecule has 0 unspecified atom stereocenters. The van der Waals surface area contributed by atoms with Gasteiger partial charge in [-0.3, -0.25) is 4.79 Å². The van der Waals surface area contributed by atoms with Crippen molar-refractivity contribution in [2.24, 2.45) is 0 Å². The van der Waals surface area contributed by atoms with Crippen LogP contribution in [0.2, 0.25) is 0 Å². The van der Waals surface area contributed by atoms with Gasteiger partial charge in [-0.2, -0.15) is 0 Å². The van der Waals surface area contributed by atoms with E-state index in [0.29, 0.717) is 12.2 Å². The second kappa shape index (κ2) is 5.78. The first-order valence-corrected chi connectivity index (χ1v) is 6.48. The average molecular weight is 264 g/mol. The number of hydrogen-bond donors (Lipinski definition) is 0. The summed E-state index contributed by atoms with van der Waals surface area (Å²) in [4.78, 5) is 13.1. The van der Waals surface area contributed by atoms with E-state index in [1.54, 1.807) is 17.4 Å². The second-order valence-corrected chi connectivity index (χ2v) is 4.85. The molecule has 0 aliphatic heterocycles. The van der Waals surface area contributed by atoms with E-state index in [4.69, 9.17) is 4.74 Å². The summed E-state index contributed by atoms with van der Waals surface area (Å²) in [5.41, 5.74) is 0.0524. The van der Waals surface area contributed by atoms with Crippen LogP contribution in [0.1, 0.15) is 21.7 Å². The Balaban J connectivity index is 2.13. The first-order chi connectivity index (χ1) is 8.72. The Bertz CT molecular complexity index is 535. The van der Waals surface area contributed by atoms with Crippen LogP contribution < -0.4 is 4.74 Å². The van der Waals surface area contributed by atoms with Gasteiger partial charge in [-0.15, -0.1) is 11.3 Å². The molecule has 0 amide bonds. The quantitative estimate of drug-likeness (QED) is 0.769. The number of aryl methyl sites for hydroxylation is 1. The number of halogens is 1. The Morgan fingerprint density at radius 3 is 2.83 bits per heavy atom. The van der Waals surface area contributed by atoms with E-state index in [0.717, 1.165) is 4.88 Å². The molecule has 0 fully saturated rings. The van der Waals surface area contributed by atoms with E-state index in [-0.39, 0.29) is 17.8 Å². The number of benzene rings is 1. The highest BCUT2D eigenvalue weighted by molar-refractivity contribution is 7.09. The van der Waals surface area contributed by atoms with Crippen molar-refractivity contribution in [3.63, 3.8) is 0 Å². The summed E-state index contributed by atoms with van der Waals surface area (Å²) >= 11 is 1.60. The molecule has 0 bridgehead atoms. The molecule has 2 rings (SSSR count). The lowest BCUT2D eigenvalue weighted by Crippen LogP contribution is -2.06. The monoisotopic (exact) mass is 264 g/mol. The number of thiophene rings is 1.